The van der Waals surface area contributed by atoms with Crippen molar-refractivity contribution in [2.75, 3.05) is 6.61 Å². The van der Waals surface area contributed by atoms with Gasteiger partial charge in [-0.25, -0.2) is 4.79 Å². The second kappa shape index (κ2) is 12.6. The zero-order chi connectivity index (χ0) is 21.7. The number of hydrogen-bond acceptors (Lipinski definition) is 3. The van der Waals surface area contributed by atoms with Gasteiger partial charge >= 0.3 is 5.97 Å². The Balaban J connectivity index is 1.49. The molecule has 3 heteroatoms. The van der Waals surface area contributed by atoms with E-state index in [0.717, 1.165) is 23.3 Å². The minimum absolute atomic E-state index is 0.373. The molecule has 0 radical (unpaired) electrons. The van der Waals surface area contributed by atoms with Crippen molar-refractivity contribution >= 4 is 5.97 Å². The monoisotopic (exact) mass is 416 g/mol. The van der Waals surface area contributed by atoms with E-state index in [-0.39, 0.29) is 5.97 Å². The van der Waals surface area contributed by atoms with E-state index in [1.807, 2.05) is 66.7 Å². The van der Waals surface area contributed by atoms with Crippen LogP contribution in [-0.4, -0.2) is 12.6 Å². The summed E-state index contributed by atoms with van der Waals surface area (Å²) < 4.78 is 11.5. The van der Waals surface area contributed by atoms with Gasteiger partial charge in [-0.2, -0.15) is 0 Å². The lowest BCUT2D eigenvalue weighted by molar-refractivity contribution is 0.0735. The van der Waals surface area contributed by atoms with Crippen molar-refractivity contribution in [1.29, 1.82) is 0 Å². The molecule has 3 nitrogen and oxygen atoms in total. The average Bonchev–Trinajstić information content (AvgIpc) is 2.82. The maximum Gasteiger partial charge on any atom is 0.343 e. The highest BCUT2D eigenvalue weighted by atomic mass is 16.5. The molecular formula is C28H32O3. The van der Waals surface area contributed by atoms with Crippen LogP contribution in [-0.2, 0) is 0 Å². The van der Waals surface area contributed by atoms with Crippen molar-refractivity contribution < 1.29 is 14.3 Å². The molecule has 3 aromatic carbocycles. The number of hydrogen-bond donors (Lipinski definition) is 0. The quantitative estimate of drug-likeness (QED) is 0.172. The van der Waals surface area contributed by atoms with Crippen molar-refractivity contribution in [3.05, 3.63) is 84.4 Å². The normalized spacial score (nSPS) is 10.6. The zero-order valence-electron chi connectivity index (χ0n) is 18.4. The highest BCUT2D eigenvalue weighted by Gasteiger charge is 2.12. The van der Waals surface area contributed by atoms with Gasteiger partial charge in [0.05, 0.1) is 12.2 Å². The van der Waals surface area contributed by atoms with Crippen LogP contribution in [0.25, 0.3) is 11.1 Å². The standard InChI is InChI=1S/C28H32O3/c1-2-3-4-5-6-7-13-22-30-25-20-18-24(19-21-25)28(29)31-27-17-12-11-16-26(27)23-14-9-8-10-15-23/h8-12,14-21H,2-7,13,22H2,1H3. The number of unbranched alkanes of at least 4 members (excludes halogenated alkanes) is 6. The molecule has 0 aliphatic rings. The Kier molecular flexibility index (Phi) is 9.18. The van der Waals surface area contributed by atoms with Crippen LogP contribution in [0, 0.1) is 0 Å². The molecule has 0 bridgehead atoms. The van der Waals surface area contributed by atoms with Crippen molar-refractivity contribution in [3.63, 3.8) is 0 Å². The maximum atomic E-state index is 12.7. The average molecular weight is 417 g/mol. The van der Waals surface area contributed by atoms with E-state index in [9.17, 15) is 4.79 Å². The molecule has 0 aromatic heterocycles. The van der Waals surface area contributed by atoms with Gasteiger partial charge in [-0.3, -0.25) is 0 Å². The van der Waals surface area contributed by atoms with Crippen molar-refractivity contribution in [2.24, 2.45) is 0 Å². The molecule has 3 rings (SSSR count). The largest absolute Gasteiger partial charge is 0.494 e. The number of rotatable bonds is 12. The summed E-state index contributed by atoms with van der Waals surface area (Å²) in [5, 5.41) is 0. The summed E-state index contributed by atoms with van der Waals surface area (Å²) in [6.07, 6.45) is 8.82. The Morgan fingerprint density at radius 2 is 1.35 bits per heavy atom. The highest BCUT2D eigenvalue weighted by Crippen LogP contribution is 2.30. The van der Waals surface area contributed by atoms with E-state index >= 15 is 0 Å². The first-order chi connectivity index (χ1) is 15.3. The van der Waals surface area contributed by atoms with Crippen LogP contribution in [0.1, 0.15) is 62.2 Å². The zero-order valence-corrected chi connectivity index (χ0v) is 18.4. The first kappa shape index (κ1) is 22.6. The number of benzene rings is 3. The van der Waals surface area contributed by atoms with Crippen molar-refractivity contribution in [3.8, 4) is 22.6 Å². The third-order valence-electron chi connectivity index (χ3n) is 5.28. The number of ether oxygens (including phenoxy) is 2. The van der Waals surface area contributed by atoms with Crippen LogP contribution in [0.5, 0.6) is 11.5 Å². The first-order valence-corrected chi connectivity index (χ1v) is 11.4. The van der Waals surface area contributed by atoms with Gasteiger partial charge in [-0.05, 0) is 42.3 Å². The SMILES string of the molecule is CCCCCCCCCOc1ccc(C(=O)Oc2ccccc2-c2ccccc2)cc1. The molecule has 0 spiro atoms. The van der Waals surface area contributed by atoms with Gasteiger partial charge in [-0.15, -0.1) is 0 Å². The predicted molar refractivity (Wildman–Crippen MR) is 127 cm³/mol. The van der Waals surface area contributed by atoms with Crippen LogP contribution >= 0.6 is 0 Å². The molecule has 3 aromatic rings. The Hall–Kier alpha value is -3.07. The molecule has 162 valence electrons. The molecular weight excluding hydrogens is 384 g/mol. The Labute approximate surface area is 186 Å². The molecule has 0 aliphatic heterocycles. The summed E-state index contributed by atoms with van der Waals surface area (Å²) >= 11 is 0. The molecule has 0 saturated carbocycles. The lowest BCUT2D eigenvalue weighted by Crippen LogP contribution is -2.09. The summed E-state index contributed by atoms with van der Waals surface area (Å²) in [6.45, 7) is 2.95. The second-order valence-electron chi connectivity index (χ2n) is 7.75. The summed E-state index contributed by atoms with van der Waals surface area (Å²) in [5.41, 5.74) is 2.41. The minimum Gasteiger partial charge on any atom is -0.494 e. The minimum atomic E-state index is -0.373. The van der Waals surface area contributed by atoms with Gasteiger partial charge in [0, 0.05) is 5.56 Å². The van der Waals surface area contributed by atoms with E-state index in [4.69, 9.17) is 9.47 Å². The molecule has 0 heterocycles. The second-order valence-corrected chi connectivity index (χ2v) is 7.75. The Bertz CT molecular complexity index is 917. The van der Waals surface area contributed by atoms with Gasteiger partial charge < -0.3 is 9.47 Å². The van der Waals surface area contributed by atoms with Gasteiger partial charge in [0.15, 0.2) is 0 Å². The van der Waals surface area contributed by atoms with Crippen molar-refractivity contribution in [1.82, 2.24) is 0 Å². The Morgan fingerprint density at radius 1 is 0.710 bits per heavy atom. The van der Waals surface area contributed by atoms with Crippen LogP contribution in [0.4, 0.5) is 0 Å². The van der Waals surface area contributed by atoms with Gasteiger partial charge in [0.2, 0.25) is 0 Å². The number of para-hydroxylation sites is 1. The van der Waals surface area contributed by atoms with Gasteiger partial charge in [0.25, 0.3) is 0 Å². The number of carbonyl (C=O) groups is 1. The summed E-state index contributed by atoms with van der Waals surface area (Å²) in [7, 11) is 0. The third-order valence-corrected chi connectivity index (χ3v) is 5.28. The first-order valence-electron chi connectivity index (χ1n) is 11.4. The van der Waals surface area contributed by atoms with Crippen molar-refractivity contribution in [2.45, 2.75) is 51.9 Å². The summed E-state index contributed by atoms with van der Waals surface area (Å²) in [5.74, 6) is 0.965. The lowest BCUT2D eigenvalue weighted by Gasteiger charge is -2.11. The van der Waals surface area contributed by atoms with E-state index in [1.54, 1.807) is 12.1 Å². The van der Waals surface area contributed by atoms with E-state index < -0.39 is 0 Å². The van der Waals surface area contributed by atoms with E-state index in [0.29, 0.717) is 17.9 Å². The molecule has 0 aliphatic carbocycles. The van der Waals surface area contributed by atoms with Gasteiger partial charge in [-0.1, -0.05) is 94.0 Å². The van der Waals surface area contributed by atoms with Gasteiger partial charge in [0.1, 0.15) is 11.5 Å². The number of carbonyl (C=O) groups excluding carboxylic acids is 1. The summed E-state index contributed by atoms with van der Waals surface area (Å²) in [6, 6.07) is 24.7. The summed E-state index contributed by atoms with van der Waals surface area (Å²) in [4.78, 5) is 12.7. The van der Waals surface area contributed by atoms with Crippen LogP contribution in [0.2, 0.25) is 0 Å². The molecule has 0 amide bonds. The van der Waals surface area contributed by atoms with Crippen LogP contribution in [0.15, 0.2) is 78.9 Å². The fraction of sp³-hybridized carbons (Fsp3) is 0.321. The molecule has 31 heavy (non-hydrogen) atoms. The highest BCUT2D eigenvalue weighted by molar-refractivity contribution is 5.92. The van der Waals surface area contributed by atoms with E-state index in [1.165, 1.54) is 38.5 Å². The molecule has 0 unspecified atom stereocenters. The third kappa shape index (κ3) is 7.29. The van der Waals surface area contributed by atoms with E-state index in [2.05, 4.69) is 6.92 Å². The Morgan fingerprint density at radius 3 is 2.10 bits per heavy atom. The molecule has 0 atom stereocenters. The van der Waals surface area contributed by atoms with Crippen LogP contribution < -0.4 is 9.47 Å². The fourth-order valence-electron chi connectivity index (χ4n) is 3.51. The molecule has 0 saturated heterocycles. The topological polar surface area (TPSA) is 35.5 Å². The molecule has 0 N–H and O–H groups in total. The fourth-order valence-corrected chi connectivity index (χ4v) is 3.51. The predicted octanol–water partition coefficient (Wildman–Crippen LogP) is 7.70. The molecule has 0 fully saturated rings. The number of esters is 1. The lowest BCUT2D eigenvalue weighted by atomic mass is 10.0. The van der Waals surface area contributed by atoms with Crippen LogP contribution in [0.3, 0.4) is 0 Å². The smallest absolute Gasteiger partial charge is 0.343 e. The maximum absolute atomic E-state index is 12.7.